The Kier molecular flexibility index (Phi) is 7.33. The molecule has 4 rings (SSSR count). The van der Waals surface area contributed by atoms with Gasteiger partial charge in [-0.05, 0) is 48.9 Å². The molecule has 0 N–H and O–H groups in total. The zero-order chi connectivity index (χ0) is 22.5. The van der Waals surface area contributed by atoms with Crippen molar-refractivity contribution in [3.05, 3.63) is 57.7 Å². The molecule has 0 bridgehead atoms. The van der Waals surface area contributed by atoms with Crippen molar-refractivity contribution in [2.24, 2.45) is 4.99 Å². The Hall–Kier alpha value is -2.57. The van der Waals surface area contributed by atoms with Crippen LogP contribution < -0.4 is 14.3 Å². The summed E-state index contributed by atoms with van der Waals surface area (Å²) in [5, 5.41) is 2.18. The number of nitrogens with zero attached hydrogens (tertiary/aromatic N) is 2. The fourth-order valence-corrected chi connectivity index (χ4v) is 5.18. The van der Waals surface area contributed by atoms with E-state index in [9.17, 15) is 0 Å². The molecule has 0 radical (unpaired) electrons. The van der Waals surface area contributed by atoms with Gasteiger partial charge < -0.3 is 18.8 Å². The Labute approximate surface area is 194 Å². The molecule has 6 heteroatoms. The topological polar surface area (TPSA) is 45.0 Å². The van der Waals surface area contributed by atoms with Gasteiger partial charge in [0, 0.05) is 23.6 Å². The fourth-order valence-electron chi connectivity index (χ4n) is 4.27. The van der Waals surface area contributed by atoms with Gasteiger partial charge in [-0.1, -0.05) is 32.0 Å². The predicted molar refractivity (Wildman–Crippen MR) is 130 cm³/mol. The van der Waals surface area contributed by atoms with Crippen LogP contribution in [0, 0.1) is 0 Å². The first-order valence-electron chi connectivity index (χ1n) is 11.4. The molecule has 1 aromatic heterocycles. The van der Waals surface area contributed by atoms with Gasteiger partial charge in [-0.3, -0.25) is 0 Å². The van der Waals surface area contributed by atoms with Crippen LogP contribution in [0.2, 0.25) is 0 Å². The summed E-state index contributed by atoms with van der Waals surface area (Å²) in [6.45, 7) is 6.00. The number of aryl methyl sites for hydroxylation is 2. The maximum atomic E-state index is 6.00. The highest BCUT2D eigenvalue weighted by Gasteiger charge is 2.21. The first-order valence-corrected chi connectivity index (χ1v) is 12.2. The van der Waals surface area contributed by atoms with Gasteiger partial charge in [-0.2, -0.15) is 0 Å². The molecular formula is C26H32N2O3S. The third-order valence-corrected chi connectivity index (χ3v) is 6.93. The molecule has 1 atom stereocenters. The number of thiazole rings is 1. The molecule has 0 spiro atoms. The normalized spacial score (nSPS) is 16.5. The average molecular weight is 453 g/mol. The summed E-state index contributed by atoms with van der Waals surface area (Å²) < 4.78 is 19.4. The lowest BCUT2D eigenvalue weighted by atomic mass is 10.0. The van der Waals surface area contributed by atoms with E-state index in [1.165, 1.54) is 11.1 Å². The monoisotopic (exact) mass is 452 g/mol. The largest absolute Gasteiger partial charge is 0.497 e. The summed E-state index contributed by atoms with van der Waals surface area (Å²) in [6.07, 6.45) is 4.32. The molecule has 1 saturated heterocycles. The predicted octanol–water partition coefficient (Wildman–Crippen LogP) is 5.77. The SMILES string of the molecule is CCc1cccc(CC)c1N=c1scc(-c2ccc(OC)cc2OC)n1CC1CCCO1. The van der Waals surface area contributed by atoms with Gasteiger partial charge in [0.05, 0.1) is 38.2 Å². The van der Waals surface area contributed by atoms with Crippen molar-refractivity contribution in [2.45, 2.75) is 52.2 Å². The van der Waals surface area contributed by atoms with E-state index < -0.39 is 0 Å². The summed E-state index contributed by atoms with van der Waals surface area (Å²) in [7, 11) is 3.37. The van der Waals surface area contributed by atoms with Gasteiger partial charge in [0.2, 0.25) is 0 Å². The minimum atomic E-state index is 0.207. The Balaban J connectivity index is 1.89. The molecule has 5 nitrogen and oxygen atoms in total. The molecule has 1 unspecified atom stereocenters. The van der Waals surface area contributed by atoms with Crippen LogP contribution in [0.15, 0.2) is 46.8 Å². The van der Waals surface area contributed by atoms with Gasteiger partial charge in [-0.25, -0.2) is 4.99 Å². The van der Waals surface area contributed by atoms with Crippen LogP contribution in [0.3, 0.4) is 0 Å². The third kappa shape index (κ3) is 4.62. The van der Waals surface area contributed by atoms with Crippen molar-refractivity contribution in [3.63, 3.8) is 0 Å². The molecule has 3 aromatic rings. The average Bonchev–Trinajstić information content (AvgIpc) is 3.49. The zero-order valence-corrected chi connectivity index (χ0v) is 20.2. The van der Waals surface area contributed by atoms with E-state index in [4.69, 9.17) is 19.2 Å². The van der Waals surface area contributed by atoms with Crippen molar-refractivity contribution in [2.75, 3.05) is 20.8 Å². The van der Waals surface area contributed by atoms with Crippen LogP contribution >= 0.6 is 11.3 Å². The van der Waals surface area contributed by atoms with Crippen molar-refractivity contribution in [1.29, 1.82) is 0 Å². The molecule has 0 aliphatic carbocycles. The van der Waals surface area contributed by atoms with Gasteiger partial charge in [-0.15, -0.1) is 11.3 Å². The van der Waals surface area contributed by atoms with E-state index in [-0.39, 0.29) is 6.10 Å². The summed E-state index contributed by atoms with van der Waals surface area (Å²) in [4.78, 5) is 6.21. The Morgan fingerprint density at radius 3 is 2.50 bits per heavy atom. The van der Waals surface area contributed by atoms with E-state index >= 15 is 0 Å². The number of para-hydroxylation sites is 1. The minimum absolute atomic E-state index is 0.207. The van der Waals surface area contributed by atoms with Crippen molar-refractivity contribution < 1.29 is 14.2 Å². The molecule has 1 aliphatic rings. The maximum Gasteiger partial charge on any atom is 0.190 e. The lowest BCUT2D eigenvalue weighted by Crippen LogP contribution is -2.24. The molecule has 170 valence electrons. The number of benzene rings is 2. The quantitative estimate of drug-likeness (QED) is 0.436. The van der Waals surface area contributed by atoms with Gasteiger partial charge in [0.1, 0.15) is 11.5 Å². The molecule has 1 aliphatic heterocycles. The fraction of sp³-hybridized carbons (Fsp3) is 0.423. The lowest BCUT2D eigenvalue weighted by molar-refractivity contribution is 0.0968. The Morgan fingerprint density at radius 2 is 1.88 bits per heavy atom. The Morgan fingerprint density at radius 1 is 1.09 bits per heavy atom. The number of hydrogen-bond acceptors (Lipinski definition) is 5. The smallest absolute Gasteiger partial charge is 0.190 e. The van der Waals surface area contributed by atoms with Gasteiger partial charge >= 0.3 is 0 Å². The van der Waals surface area contributed by atoms with Crippen molar-refractivity contribution >= 4 is 17.0 Å². The first-order chi connectivity index (χ1) is 15.7. The van der Waals surface area contributed by atoms with E-state index in [0.29, 0.717) is 0 Å². The molecule has 1 fully saturated rings. The van der Waals surface area contributed by atoms with Crippen LogP contribution in [-0.4, -0.2) is 31.5 Å². The number of aromatic nitrogens is 1. The van der Waals surface area contributed by atoms with Crippen LogP contribution in [0.1, 0.15) is 37.8 Å². The lowest BCUT2D eigenvalue weighted by Gasteiger charge is -2.16. The number of ether oxygens (including phenoxy) is 3. The molecular weight excluding hydrogens is 420 g/mol. The highest BCUT2D eigenvalue weighted by molar-refractivity contribution is 7.07. The van der Waals surface area contributed by atoms with E-state index in [2.05, 4.69) is 48.1 Å². The third-order valence-electron chi connectivity index (χ3n) is 6.06. The summed E-state index contributed by atoms with van der Waals surface area (Å²) >= 11 is 1.67. The molecule has 2 aromatic carbocycles. The second kappa shape index (κ2) is 10.4. The number of hydrogen-bond donors (Lipinski definition) is 0. The van der Waals surface area contributed by atoms with Crippen LogP contribution in [-0.2, 0) is 24.1 Å². The van der Waals surface area contributed by atoms with E-state index in [1.54, 1.807) is 25.6 Å². The maximum absolute atomic E-state index is 6.00. The van der Waals surface area contributed by atoms with Crippen LogP contribution in [0.5, 0.6) is 11.5 Å². The first kappa shape index (κ1) is 22.6. The molecule has 0 amide bonds. The van der Waals surface area contributed by atoms with Crippen LogP contribution in [0.4, 0.5) is 5.69 Å². The molecule has 2 heterocycles. The second-order valence-corrected chi connectivity index (χ2v) is 8.80. The van der Waals surface area contributed by atoms with Gasteiger partial charge in [0.15, 0.2) is 4.80 Å². The highest BCUT2D eigenvalue weighted by Crippen LogP contribution is 2.34. The summed E-state index contributed by atoms with van der Waals surface area (Å²) in [5.41, 5.74) is 5.79. The van der Waals surface area contributed by atoms with E-state index in [0.717, 1.165) is 72.1 Å². The van der Waals surface area contributed by atoms with Crippen LogP contribution in [0.25, 0.3) is 11.3 Å². The summed E-state index contributed by atoms with van der Waals surface area (Å²) in [6, 6.07) is 12.5. The minimum Gasteiger partial charge on any atom is -0.497 e. The number of rotatable bonds is 8. The molecule has 0 saturated carbocycles. The van der Waals surface area contributed by atoms with Gasteiger partial charge in [0.25, 0.3) is 0 Å². The highest BCUT2D eigenvalue weighted by atomic mass is 32.1. The number of methoxy groups -OCH3 is 2. The van der Waals surface area contributed by atoms with Crippen molar-refractivity contribution in [1.82, 2.24) is 4.57 Å². The van der Waals surface area contributed by atoms with Crippen molar-refractivity contribution in [3.8, 4) is 22.8 Å². The second-order valence-electron chi connectivity index (χ2n) is 7.96. The standard InChI is InChI=1S/C26H32N2O3S/c1-5-18-9-7-10-19(6-2)25(18)27-26-28(16-21-11-8-14-31-21)23(17-32-26)22-13-12-20(29-3)15-24(22)30-4/h7,9-10,12-13,15,17,21H,5-6,8,11,14,16H2,1-4H3. The Bertz CT molecular complexity index is 1100. The zero-order valence-electron chi connectivity index (χ0n) is 19.4. The summed E-state index contributed by atoms with van der Waals surface area (Å²) in [5.74, 6) is 1.57. The van der Waals surface area contributed by atoms with E-state index in [1.807, 2.05) is 12.1 Å². The molecule has 32 heavy (non-hydrogen) atoms.